The van der Waals surface area contributed by atoms with Gasteiger partial charge in [0, 0.05) is 19.6 Å². The predicted molar refractivity (Wildman–Crippen MR) is 79.2 cm³/mol. The Hall–Kier alpha value is -1.10. The van der Waals surface area contributed by atoms with Crippen LogP contribution in [0.15, 0.2) is 24.3 Å². The van der Waals surface area contributed by atoms with Gasteiger partial charge in [-0.05, 0) is 32.4 Å². The summed E-state index contributed by atoms with van der Waals surface area (Å²) in [5.41, 5.74) is 0.942. The second-order valence-electron chi connectivity index (χ2n) is 6.03. The number of hydrogen-bond donors (Lipinski definition) is 1. The molecule has 1 aromatic carbocycles. The average Bonchev–Trinajstić information content (AvgIpc) is 2.39. The maximum Gasteiger partial charge on any atom is 0.122 e. The van der Waals surface area contributed by atoms with Crippen molar-refractivity contribution in [2.75, 3.05) is 32.8 Å². The Morgan fingerprint density at radius 1 is 1.40 bits per heavy atom. The molecule has 0 amide bonds. The van der Waals surface area contributed by atoms with Crippen LogP contribution in [0.2, 0.25) is 0 Å². The topological polar surface area (TPSA) is 41.9 Å². The van der Waals surface area contributed by atoms with Crippen LogP contribution in [0, 0.1) is 6.92 Å². The van der Waals surface area contributed by atoms with Crippen molar-refractivity contribution in [3.05, 3.63) is 29.8 Å². The number of morpholine rings is 1. The molecule has 20 heavy (non-hydrogen) atoms. The number of benzene rings is 1. The number of aliphatic hydroxyl groups is 1. The molecule has 0 aliphatic carbocycles. The third-order valence-corrected chi connectivity index (χ3v) is 3.51. The quantitative estimate of drug-likeness (QED) is 0.893. The van der Waals surface area contributed by atoms with E-state index in [0.29, 0.717) is 6.61 Å². The maximum absolute atomic E-state index is 9.30. The third kappa shape index (κ3) is 4.20. The van der Waals surface area contributed by atoms with Gasteiger partial charge in [0.25, 0.3) is 0 Å². The Labute approximate surface area is 121 Å². The zero-order chi connectivity index (χ0) is 14.6. The van der Waals surface area contributed by atoms with Gasteiger partial charge < -0.3 is 14.6 Å². The van der Waals surface area contributed by atoms with Crippen molar-refractivity contribution in [2.45, 2.75) is 32.5 Å². The Morgan fingerprint density at radius 3 is 2.85 bits per heavy atom. The summed E-state index contributed by atoms with van der Waals surface area (Å²) in [6.07, 6.45) is -0.0998. The van der Waals surface area contributed by atoms with Gasteiger partial charge in [0.1, 0.15) is 12.4 Å². The van der Waals surface area contributed by atoms with E-state index in [9.17, 15) is 5.11 Å². The molecule has 1 fully saturated rings. The first-order chi connectivity index (χ1) is 9.50. The molecular weight excluding hydrogens is 254 g/mol. The molecule has 0 radical (unpaired) electrons. The van der Waals surface area contributed by atoms with E-state index in [1.807, 2.05) is 18.2 Å². The highest BCUT2D eigenvalue weighted by Gasteiger charge is 2.32. The predicted octanol–water partition coefficient (Wildman–Crippen LogP) is 1.85. The molecule has 1 aliphatic heterocycles. The van der Waals surface area contributed by atoms with Gasteiger partial charge >= 0.3 is 0 Å². The lowest BCUT2D eigenvalue weighted by Gasteiger charge is -2.42. The molecule has 1 aliphatic rings. The van der Waals surface area contributed by atoms with Gasteiger partial charge in [0.15, 0.2) is 0 Å². The SMILES string of the molecule is Cc1ccccc1OCCN1CC(CO)OC(C)(C)C1. The van der Waals surface area contributed by atoms with Crippen LogP contribution in [0.25, 0.3) is 0 Å². The normalized spacial score (nSPS) is 22.7. The standard InChI is InChI=1S/C16H25NO3/c1-13-6-4-5-7-15(13)19-9-8-17-10-14(11-18)20-16(2,3)12-17/h4-7,14,18H,8-12H2,1-3H3. The molecule has 1 unspecified atom stereocenters. The summed E-state index contributed by atoms with van der Waals surface area (Å²) in [5.74, 6) is 0.943. The van der Waals surface area contributed by atoms with Crippen molar-refractivity contribution in [3.8, 4) is 5.75 Å². The van der Waals surface area contributed by atoms with Gasteiger partial charge in [-0.2, -0.15) is 0 Å². The molecule has 4 nitrogen and oxygen atoms in total. The second-order valence-corrected chi connectivity index (χ2v) is 6.03. The number of hydrogen-bond acceptors (Lipinski definition) is 4. The number of rotatable bonds is 5. The van der Waals surface area contributed by atoms with Crippen molar-refractivity contribution in [3.63, 3.8) is 0 Å². The first-order valence-corrected chi connectivity index (χ1v) is 7.19. The maximum atomic E-state index is 9.30. The van der Waals surface area contributed by atoms with Crippen LogP contribution in [-0.4, -0.2) is 54.6 Å². The Morgan fingerprint density at radius 2 is 2.15 bits per heavy atom. The molecule has 0 saturated carbocycles. The summed E-state index contributed by atoms with van der Waals surface area (Å²) in [4.78, 5) is 2.29. The fourth-order valence-electron chi connectivity index (χ4n) is 2.69. The van der Waals surface area contributed by atoms with E-state index in [1.165, 1.54) is 0 Å². The molecule has 2 rings (SSSR count). The highest BCUT2D eigenvalue weighted by Crippen LogP contribution is 2.21. The zero-order valence-corrected chi connectivity index (χ0v) is 12.6. The molecule has 4 heteroatoms. The Bertz CT molecular complexity index is 433. The Kier molecular flexibility index (Phi) is 5.02. The molecule has 112 valence electrons. The van der Waals surface area contributed by atoms with E-state index in [0.717, 1.165) is 30.9 Å². The number of nitrogens with zero attached hydrogens (tertiary/aromatic N) is 1. The minimum absolute atomic E-state index is 0.0680. The van der Waals surface area contributed by atoms with Crippen molar-refractivity contribution in [1.82, 2.24) is 4.90 Å². The van der Waals surface area contributed by atoms with E-state index in [2.05, 4.69) is 31.7 Å². The largest absolute Gasteiger partial charge is 0.492 e. The molecule has 0 bridgehead atoms. The van der Waals surface area contributed by atoms with Gasteiger partial charge in [-0.15, -0.1) is 0 Å². The van der Waals surface area contributed by atoms with Gasteiger partial charge in [0.05, 0.1) is 18.3 Å². The van der Waals surface area contributed by atoms with Crippen LogP contribution in [-0.2, 0) is 4.74 Å². The molecular formula is C16H25NO3. The zero-order valence-electron chi connectivity index (χ0n) is 12.6. The van der Waals surface area contributed by atoms with Crippen molar-refractivity contribution >= 4 is 0 Å². The van der Waals surface area contributed by atoms with Crippen LogP contribution < -0.4 is 4.74 Å². The minimum atomic E-state index is -0.214. The lowest BCUT2D eigenvalue weighted by molar-refractivity contribution is -0.149. The molecule has 1 saturated heterocycles. The highest BCUT2D eigenvalue weighted by atomic mass is 16.5. The van der Waals surface area contributed by atoms with Crippen LogP contribution in [0.4, 0.5) is 0 Å². The van der Waals surface area contributed by atoms with Crippen molar-refractivity contribution < 1.29 is 14.6 Å². The van der Waals surface area contributed by atoms with Crippen LogP contribution >= 0.6 is 0 Å². The van der Waals surface area contributed by atoms with Crippen LogP contribution in [0.1, 0.15) is 19.4 Å². The van der Waals surface area contributed by atoms with Gasteiger partial charge in [-0.25, -0.2) is 0 Å². The molecule has 1 atom stereocenters. The molecule has 0 spiro atoms. The third-order valence-electron chi connectivity index (χ3n) is 3.51. The minimum Gasteiger partial charge on any atom is -0.492 e. The first kappa shape index (κ1) is 15.3. The summed E-state index contributed by atoms with van der Waals surface area (Å²) in [6.45, 7) is 9.36. The smallest absolute Gasteiger partial charge is 0.122 e. The number of aryl methyl sites for hydroxylation is 1. The molecule has 0 aromatic heterocycles. The summed E-state index contributed by atoms with van der Waals surface area (Å²) in [5, 5.41) is 9.30. The van der Waals surface area contributed by atoms with E-state index in [-0.39, 0.29) is 18.3 Å². The second kappa shape index (κ2) is 6.57. The molecule has 1 aromatic rings. The molecule has 1 heterocycles. The van der Waals surface area contributed by atoms with E-state index >= 15 is 0 Å². The summed E-state index contributed by atoms with van der Waals surface area (Å²) >= 11 is 0. The monoisotopic (exact) mass is 279 g/mol. The van der Waals surface area contributed by atoms with Gasteiger partial charge in [0.2, 0.25) is 0 Å². The van der Waals surface area contributed by atoms with Crippen molar-refractivity contribution in [1.29, 1.82) is 0 Å². The van der Waals surface area contributed by atoms with Crippen LogP contribution in [0.5, 0.6) is 5.75 Å². The first-order valence-electron chi connectivity index (χ1n) is 7.19. The fraction of sp³-hybridized carbons (Fsp3) is 0.625. The summed E-state index contributed by atoms with van der Waals surface area (Å²) in [7, 11) is 0. The number of para-hydroxylation sites is 1. The van der Waals surface area contributed by atoms with Gasteiger partial charge in [-0.1, -0.05) is 18.2 Å². The average molecular weight is 279 g/mol. The van der Waals surface area contributed by atoms with E-state index in [4.69, 9.17) is 9.47 Å². The fourth-order valence-corrected chi connectivity index (χ4v) is 2.69. The summed E-state index contributed by atoms with van der Waals surface area (Å²) < 4.78 is 11.6. The molecule has 1 N–H and O–H groups in total. The lowest BCUT2D eigenvalue weighted by atomic mass is 10.1. The highest BCUT2D eigenvalue weighted by molar-refractivity contribution is 5.31. The van der Waals surface area contributed by atoms with Crippen LogP contribution in [0.3, 0.4) is 0 Å². The lowest BCUT2D eigenvalue weighted by Crippen LogP contribution is -2.54. The Balaban J connectivity index is 1.83. The summed E-state index contributed by atoms with van der Waals surface area (Å²) in [6, 6.07) is 8.05. The van der Waals surface area contributed by atoms with Gasteiger partial charge in [-0.3, -0.25) is 4.90 Å². The van der Waals surface area contributed by atoms with E-state index in [1.54, 1.807) is 0 Å². The number of ether oxygens (including phenoxy) is 2. The number of aliphatic hydroxyl groups excluding tert-OH is 1. The van der Waals surface area contributed by atoms with E-state index < -0.39 is 0 Å². The van der Waals surface area contributed by atoms with Crippen molar-refractivity contribution in [2.24, 2.45) is 0 Å².